The van der Waals surface area contributed by atoms with E-state index in [2.05, 4.69) is 53.4 Å². The van der Waals surface area contributed by atoms with E-state index >= 15 is 0 Å². The van der Waals surface area contributed by atoms with Crippen molar-refractivity contribution in [1.82, 2.24) is 14.9 Å². The Morgan fingerprint density at radius 2 is 1.60 bits per heavy atom. The van der Waals surface area contributed by atoms with Gasteiger partial charge in [-0.2, -0.15) is 0 Å². The maximum Gasteiger partial charge on any atom is 0.111 e. The van der Waals surface area contributed by atoms with Crippen molar-refractivity contribution in [3.8, 4) is 0 Å². The van der Waals surface area contributed by atoms with Gasteiger partial charge in [-0.3, -0.25) is 4.90 Å². The van der Waals surface area contributed by atoms with Gasteiger partial charge in [0, 0.05) is 0 Å². The number of likely N-dealkylation sites (tertiary alicyclic amines) is 1. The second kappa shape index (κ2) is 6.48. The molecule has 0 aliphatic carbocycles. The molecule has 1 saturated heterocycles. The van der Waals surface area contributed by atoms with E-state index in [1.54, 1.807) is 0 Å². The van der Waals surface area contributed by atoms with Crippen molar-refractivity contribution in [3.05, 3.63) is 58.5 Å². The molecule has 1 unspecified atom stereocenters. The molecule has 2 aromatic carbocycles. The zero-order chi connectivity index (χ0) is 16.6. The molecule has 5 heteroatoms. The van der Waals surface area contributed by atoms with Gasteiger partial charge in [-0.25, -0.2) is 9.97 Å². The van der Waals surface area contributed by atoms with Crippen LogP contribution in [0.15, 0.2) is 48.5 Å². The second-order valence-electron chi connectivity index (χ2n) is 6.58. The van der Waals surface area contributed by atoms with Crippen LogP contribution in [0, 0.1) is 0 Å². The standard InChI is InChI=1S/C20H19N3S2/c1-3-10-17-14(7-1)21-19(24-17)13-23-12-6-5-9-16(23)20-22-15-8-2-4-11-18(15)25-20/h1-4,7-8,10-11,16H,5-6,9,12-13H2. The van der Waals surface area contributed by atoms with E-state index in [-0.39, 0.29) is 0 Å². The molecular weight excluding hydrogens is 346 g/mol. The number of benzene rings is 2. The van der Waals surface area contributed by atoms with E-state index in [0.29, 0.717) is 6.04 Å². The molecule has 1 fully saturated rings. The third-order valence-electron chi connectivity index (χ3n) is 4.89. The van der Waals surface area contributed by atoms with Crippen LogP contribution < -0.4 is 0 Å². The lowest BCUT2D eigenvalue weighted by atomic mass is 10.0. The molecule has 2 aromatic heterocycles. The first-order chi connectivity index (χ1) is 12.4. The average molecular weight is 366 g/mol. The van der Waals surface area contributed by atoms with Crippen molar-refractivity contribution in [3.63, 3.8) is 0 Å². The van der Waals surface area contributed by atoms with Gasteiger partial charge in [0.15, 0.2) is 0 Å². The van der Waals surface area contributed by atoms with E-state index in [4.69, 9.17) is 9.97 Å². The smallest absolute Gasteiger partial charge is 0.111 e. The van der Waals surface area contributed by atoms with E-state index in [1.165, 1.54) is 38.7 Å². The summed E-state index contributed by atoms with van der Waals surface area (Å²) in [7, 11) is 0. The van der Waals surface area contributed by atoms with Crippen LogP contribution in [0.2, 0.25) is 0 Å². The molecule has 25 heavy (non-hydrogen) atoms. The van der Waals surface area contributed by atoms with Crippen LogP contribution >= 0.6 is 22.7 Å². The SMILES string of the molecule is c1ccc2sc(CN3CCCCC3c3nc4ccccc4s3)nc2c1. The van der Waals surface area contributed by atoms with Crippen molar-refractivity contribution in [2.45, 2.75) is 31.8 Å². The van der Waals surface area contributed by atoms with E-state index in [0.717, 1.165) is 24.1 Å². The first kappa shape index (κ1) is 15.4. The molecule has 1 atom stereocenters. The van der Waals surface area contributed by atoms with Crippen LogP contribution in [0.1, 0.15) is 35.3 Å². The molecule has 126 valence electrons. The van der Waals surface area contributed by atoms with Gasteiger partial charge in [0.25, 0.3) is 0 Å². The monoisotopic (exact) mass is 365 g/mol. The minimum absolute atomic E-state index is 0.429. The number of hydrogen-bond acceptors (Lipinski definition) is 5. The maximum absolute atomic E-state index is 4.93. The second-order valence-corrected chi connectivity index (χ2v) is 8.75. The Morgan fingerprint density at radius 1 is 0.880 bits per heavy atom. The van der Waals surface area contributed by atoms with Crippen LogP contribution in [0.25, 0.3) is 20.4 Å². The van der Waals surface area contributed by atoms with E-state index < -0.39 is 0 Å². The van der Waals surface area contributed by atoms with Crippen LogP contribution in [-0.4, -0.2) is 21.4 Å². The Bertz CT molecular complexity index is 954. The highest BCUT2D eigenvalue weighted by atomic mass is 32.1. The van der Waals surface area contributed by atoms with Gasteiger partial charge in [0.2, 0.25) is 0 Å². The van der Waals surface area contributed by atoms with Gasteiger partial charge in [0.1, 0.15) is 10.0 Å². The molecule has 3 heterocycles. The van der Waals surface area contributed by atoms with Gasteiger partial charge in [-0.15, -0.1) is 22.7 Å². The van der Waals surface area contributed by atoms with Gasteiger partial charge in [-0.05, 0) is 43.7 Å². The summed E-state index contributed by atoms with van der Waals surface area (Å²) in [6.45, 7) is 2.07. The molecule has 0 radical (unpaired) electrons. The largest absolute Gasteiger partial charge is 0.287 e. The normalized spacial score (nSPS) is 19.0. The molecule has 0 N–H and O–H groups in total. The van der Waals surface area contributed by atoms with Crippen molar-refractivity contribution < 1.29 is 0 Å². The fraction of sp³-hybridized carbons (Fsp3) is 0.300. The van der Waals surface area contributed by atoms with Crippen molar-refractivity contribution >= 4 is 43.1 Å². The first-order valence-corrected chi connectivity index (χ1v) is 10.4. The number of hydrogen-bond donors (Lipinski definition) is 0. The predicted octanol–water partition coefficient (Wildman–Crippen LogP) is 5.63. The lowest BCUT2D eigenvalue weighted by molar-refractivity contribution is 0.140. The summed E-state index contributed by atoms with van der Waals surface area (Å²) in [6, 6.07) is 17.3. The number of piperidine rings is 1. The third kappa shape index (κ3) is 2.97. The predicted molar refractivity (Wildman–Crippen MR) is 106 cm³/mol. The number of rotatable bonds is 3. The third-order valence-corrected chi connectivity index (χ3v) is 7.04. The Balaban J connectivity index is 1.45. The zero-order valence-corrected chi connectivity index (χ0v) is 15.5. The number of fused-ring (bicyclic) bond motifs is 2. The number of nitrogens with zero attached hydrogens (tertiary/aromatic N) is 3. The number of thiazole rings is 2. The average Bonchev–Trinajstić information content (AvgIpc) is 3.25. The van der Waals surface area contributed by atoms with Gasteiger partial charge >= 0.3 is 0 Å². The molecule has 0 amide bonds. The maximum atomic E-state index is 4.93. The number of aromatic nitrogens is 2. The van der Waals surface area contributed by atoms with Crippen LogP contribution in [0.3, 0.4) is 0 Å². The molecule has 0 bridgehead atoms. The molecular formula is C20H19N3S2. The molecule has 3 nitrogen and oxygen atoms in total. The minimum atomic E-state index is 0.429. The highest BCUT2D eigenvalue weighted by molar-refractivity contribution is 7.19. The molecule has 0 spiro atoms. The Morgan fingerprint density at radius 3 is 2.36 bits per heavy atom. The summed E-state index contributed by atoms with van der Waals surface area (Å²) >= 11 is 3.68. The molecule has 1 aliphatic heterocycles. The number of para-hydroxylation sites is 2. The lowest BCUT2D eigenvalue weighted by Crippen LogP contribution is -2.32. The Kier molecular flexibility index (Phi) is 4.00. The van der Waals surface area contributed by atoms with Gasteiger partial charge in [0.05, 0.1) is 33.0 Å². The van der Waals surface area contributed by atoms with E-state index in [9.17, 15) is 0 Å². The molecule has 1 aliphatic rings. The summed E-state index contributed by atoms with van der Waals surface area (Å²) < 4.78 is 2.58. The zero-order valence-electron chi connectivity index (χ0n) is 13.9. The summed E-state index contributed by atoms with van der Waals surface area (Å²) in [5.41, 5.74) is 2.25. The molecule has 5 rings (SSSR count). The quantitative estimate of drug-likeness (QED) is 0.471. The van der Waals surface area contributed by atoms with Crippen LogP contribution in [0.5, 0.6) is 0 Å². The molecule has 0 saturated carbocycles. The summed E-state index contributed by atoms with van der Waals surface area (Å²) in [5, 5.41) is 2.48. The fourth-order valence-electron chi connectivity index (χ4n) is 3.65. The topological polar surface area (TPSA) is 29.0 Å². The van der Waals surface area contributed by atoms with E-state index in [1.807, 2.05) is 22.7 Å². The van der Waals surface area contributed by atoms with Crippen molar-refractivity contribution in [2.24, 2.45) is 0 Å². The summed E-state index contributed by atoms with van der Waals surface area (Å²) in [5.74, 6) is 0. The summed E-state index contributed by atoms with van der Waals surface area (Å²) in [6.07, 6.45) is 3.76. The van der Waals surface area contributed by atoms with Crippen molar-refractivity contribution in [1.29, 1.82) is 0 Å². The van der Waals surface area contributed by atoms with Gasteiger partial charge in [-0.1, -0.05) is 30.7 Å². The van der Waals surface area contributed by atoms with Crippen LogP contribution in [-0.2, 0) is 6.54 Å². The lowest BCUT2D eigenvalue weighted by Gasteiger charge is -2.33. The summed E-state index contributed by atoms with van der Waals surface area (Å²) in [4.78, 5) is 12.4. The Labute approximate surface area is 155 Å². The fourth-order valence-corrected chi connectivity index (χ4v) is 5.78. The minimum Gasteiger partial charge on any atom is -0.287 e. The highest BCUT2D eigenvalue weighted by Gasteiger charge is 2.27. The highest BCUT2D eigenvalue weighted by Crippen LogP contribution is 2.37. The van der Waals surface area contributed by atoms with Crippen molar-refractivity contribution in [2.75, 3.05) is 6.54 Å². The van der Waals surface area contributed by atoms with Gasteiger partial charge < -0.3 is 0 Å². The Hall–Kier alpha value is -1.82. The van der Waals surface area contributed by atoms with Crippen LogP contribution in [0.4, 0.5) is 0 Å². The first-order valence-electron chi connectivity index (χ1n) is 8.81. The molecule has 4 aromatic rings.